The van der Waals surface area contributed by atoms with Crippen LogP contribution in [0.3, 0.4) is 0 Å². The van der Waals surface area contributed by atoms with Crippen LogP contribution < -0.4 is 0 Å². The Bertz CT molecular complexity index is 228. The fraction of sp³-hybridized carbons (Fsp3) is 0.400. The molecule has 1 aromatic rings. The predicted octanol–water partition coefficient (Wildman–Crippen LogP) is 2.59. The second kappa shape index (κ2) is 3.42. The Balaban J connectivity index is 2.65. The van der Waals surface area contributed by atoms with Gasteiger partial charge in [0.05, 0.1) is 0 Å². The summed E-state index contributed by atoms with van der Waals surface area (Å²) in [6.45, 7) is 4.38. The molecule has 0 saturated heterocycles. The van der Waals surface area contributed by atoms with E-state index in [1.807, 2.05) is 24.3 Å². The van der Waals surface area contributed by atoms with Crippen LogP contribution in [0.4, 0.5) is 0 Å². The highest BCUT2D eigenvalue weighted by molar-refractivity contribution is 5.25. The van der Waals surface area contributed by atoms with Gasteiger partial charge >= 0.3 is 0 Å². The zero-order chi connectivity index (χ0) is 8.97. The highest BCUT2D eigenvalue weighted by Gasteiger charge is 1.96. The van der Waals surface area contributed by atoms with Gasteiger partial charge in [-0.25, -0.2) is 0 Å². The van der Waals surface area contributed by atoms with E-state index in [4.69, 9.17) is 1.43 Å². The van der Waals surface area contributed by atoms with Crippen molar-refractivity contribution >= 4 is 0 Å². The number of phenolic OH excluding ortho intramolecular Hbond substituents is 1. The first-order valence-corrected chi connectivity index (χ1v) is 3.94. The summed E-state index contributed by atoms with van der Waals surface area (Å²) in [5, 5.41) is 4.32. The lowest BCUT2D eigenvalue weighted by Gasteiger charge is -2.03. The third kappa shape index (κ3) is 2.62. The number of benzene rings is 1. The Labute approximate surface area is 69.2 Å². The molecule has 0 radical (unpaired) electrons. The lowest BCUT2D eigenvalue weighted by molar-refractivity contribution is 0.475. The van der Waals surface area contributed by atoms with Gasteiger partial charge in [0.1, 0.15) is 5.75 Å². The van der Waals surface area contributed by atoms with Crippen LogP contribution in [0.15, 0.2) is 24.3 Å². The molecule has 1 rings (SSSR count). The highest BCUT2D eigenvalue weighted by Crippen LogP contribution is 2.12. The quantitative estimate of drug-likeness (QED) is 0.704. The molecule has 0 atom stereocenters. The molecule has 1 heteroatoms. The van der Waals surface area contributed by atoms with E-state index >= 15 is 0 Å². The average molecular weight is 151 g/mol. The van der Waals surface area contributed by atoms with Crippen LogP contribution in [0.1, 0.15) is 19.4 Å². The molecule has 0 saturated carbocycles. The first-order chi connectivity index (χ1) is 5.72. The molecule has 0 bridgehead atoms. The van der Waals surface area contributed by atoms with Crippen molar-refractivity contribution in [2.75, 3.05) is 0 Å². The van der Waals surface area contributed by atoms with E-state index in [-0.39, 0.29) is 0 Å². The van der Waals surface area contributed by atoms with Crippen LogP contribution in [-0.2, 0) is 6.42 Å². The molecule has 0 aliphatic heterocycles. The lowest BCUT2D eigenvalue weighted by Crippen LogP contribution is -1.92. The van der Waals surface area contributed by atoms with Crippen molar-refractivity contribution in [3.8, 4) is 5.75 Å². The summed E-state index contributed by atoms with van der Waals surface area (Å²) in [7, 11) is 0. The van der Waals surface area contributed by atoms with E-state index in [2.05, 4.69) is 19.0 Å². The molecular formula is C10H14O. The molecule has 0 amide bonds. The summed E-state index contributed by atoms with van der Waals surface area (Å²) >= 11 is 0. The average Bonchev–Trinajstić information content (AvgIpc) is 2.05. The minimum Gasteiger partial charge on any atom is -0.508 e. The summed E-state index contributed by atoms with van der Waals surface area (Å²) in [6.07, 6.45) is 1.08. The van der Waals surface area contributed by atoms with Gasteiger partial charge in [-0.15, -0.1) is 0 Å². The largest absolute Gasteiger partial charge is 0.508 e. The van der Waals surface area contributed by atoms with Gasteiger partial charge in [-0.05, 0) is 30.0 Å². The first kappa shape index (κ1) is 6.71. The van der Waals surface area contributed by atoms with Crippen molar-refractivity contribution in [1.82, 2.24) is 0 Å². The fourth-order valence-electron chi connectivity index (χ4n) is 1.10. The number of hydrogen-bond acceptors (Lipinski definition) is 1. The topological polar surface area (TPSA) is 20.2 Å². The molecule has 0 aromatic heterocycles. The molecular weight excluding hydrogens is 136 g/mol. The summed E-state index contributed by atoms with van der Waals surface area (Å²) in [4.78, 5) is 0. The van der Waals surface area contributed by atoms with Gasteiger partial charge in [0.15, 0.2) is 0 Å². The van der Waals surface area contributed by atoms with Crippen molar-refractivity contribution < 1.29 is 5.11 Å². The molecule has 0 aliphatic carbocycles. The summed E-state index contributed by atoms with van der Waals surface area (Å²) in [5.74, 6) is 1.27. The van der Waals surface area contributed by atoms with Crippen molar-refractivity contribution in [3.63, 3.8) is 0 Å². The third-order valence-electron chi connectivity index (χ3n) is 1.57. The molecule has 1 aromatic carbocycles. The fourth-order valence-corrected chi connectivity index (χ4v) is 1.10. The maximum Gasteiger partial charge on any atom is 0.293 e. The van der Waals surface area contributed by atoms with Crippen molar-refractivity contribution in [1.29, 1.82) is 1.43 Å². The zero-order valence-electron chi connectivity index (χ0n) is 8.00. The van der Waals surface area contributed by atoms with E-state index in [0.717, 1.165) is 6.42 Å². The van der Waals surface area contributed by atoms with Gasteiger partial charge in [-0.1, -0.05) is 26.0 Å². The summed E-state index contributed by atoms with van der Waals surface area (Å²) < 4.78 is 6.66. The van der Waals surface area contributed by atoms with Gasteiger partial charge in [-0.2, -0.15) is 0 Å². The molecule has 0 unspecified atom stereocenters. The van der Waals surface area contributed by atoms with E-state index in [9.17, 15) is 0 Å². The Morgan fingerprint density at radius 2 is 2.00 bits per heavy atom. The first-order valence-electron chi connectivity index (χ1n) is 4.35. The van der Waals surface area contributed by atoms with Gasteiger partial charge in [0.25, 0.3) is 1.43 Å². The summed E-state index contributed by atoms with van der Waals surface area (Å²) in [5.41, 5.74) is 1.30. The van der Waals surface area contributed by atoms with Gasteiger partial charge in [0, 0.05) is 0 Å². The molecule has 11 heavy (non-hydrogen) atoms. The third-order valence-corrected chi connectivity index (χ3v) is 1.57. The maximum atomic E-state index is 6.66. The predicted molar refractivity (Wildman–Crippen MR) is 46.6 cm³/mol. The Hall–Kier alpha value is -0.980. The number of rotatable bonds is 3. The van der Waals surface area contributed by atoms with E-state index in [1.165, 1.54) is 5.56 Å². The molecule has 0 spiro atoms. The van der Waals surface area contributed by atoms with Gasteiger partial charge in [-0.3, -0.25) is 0 Å². The molecule has 0 fully saturated rings. The second-order valence-corrected chi connectivity index (χ2v) is 3.24. The van der Waals surface area contributed by atoms with Crippen LogP contribution in [0.25, 0.3) is 0 Å². The SMILES string of the molecule is [2H]Oc1ccc(CC(C)C)cc1. The monoisotopic (exact) mass is 151 g/mol. The minimum absolute atomic E-state index is 0.600. The summed E-state index contributed by atoms with van der Waals surface area (Å²) in [6, 6.07) is 7.66. The van der Waals surface area contributed by atoms with Crippen LogP contribution in [0, 0.1) is 5.92 Å². The van der Waals surface area contributed by atoms with Crippen molar-refractivity contribution in [2.45, 2.75) is 20.3 Å². The minimum atomic E-state index is 0.600. The Morgan fingerprint density at radius 3 is 2.45 bits per heavy atom. The second-order valence-electron chi connectivity index (χ2n) is 3.24. The highest BCUT2D eigenvalue weighted by atomic mass is 16.3. The van der Waals surface area contributed by atoms with Crippen LogP contribution in [0.5, 0.6) is 5.75 Å². The van der Waals surface area contributed by atoms with E-state index in [0.29, 0.717) is 11.7 Å². The van der Waals surface area contributed by atoms with Crippen molar-refractivity contribution in [2.24, 2.45) is 5.92 Å². The molecule has 0 aliphatic rings. The smallest absolute Gasteiger partial charge is 0.293 e. The Kier molecular flexibility index (Phi) is 2.09. The number of hydrogen-bond donors (Lipinski definition) is 1. The molecule has 1 N–H and O–H groups in total. The van der Waals surface area contributed by atoms with Gasteiger partial charge in [0.2, 0.25) is 0 Å². The standard InChI is InChI=1S/C10H14O/c1-8(2)7-9-3-5-10(11)6-4-9/h3-6,8,11H,7H2,1-2H3/i/hD. The van der Waals surface area contributed by atoms with Crippen molar-refractivity contribution in [3.05, 3.63) is 29.8 Å². The van der Waals surface area contributed by atoms with Crippen LogP contribution in [0.2, 0.25) is 0 Å². The Morgan fingerprint density at radius 1 is 1.36 bits per heavy atom. The van der Waals surface area contributed by atoms with Crippen LogP contribution >= 0.6 is 0 Å². The maximum absolute atomic E-state index is 6.66. The molecule has 0 heterocycles. The zero-order valence-corrected chi connectivity index (χ0v) is 7.00. The van der Waals surface area contributed by atoms with Gasteiger partial charge < -0.3 is 5.11 Å². The molecule has 1 nitrogen and oxygen atoms in total. The number of aromatic hydroxyl groups is 1. The number of phenols is 1. The van der Waals surface area contributed by atoms with E-state index in [1.54, 1.807) is 0 Å². The normalized spacial score (nSPS) is 11.4. The van der Waals surface area contributed by atoms with Crippen LogP contribution in [-0.4, -0.2) is 6.54 Å². The molecule has 60 valence electrons. The van der Waals surface area contributed by atoms with E-state index < -0.39 is 0 Å². The lowest BCUT2D eigenvalue weighted by atomic mass is 10.0.